The Morgan fingerprint density at radius 2 is 1.81 bits per heavy atom. The maximum absolute atomic E-state index is 9.68. The molecule has 3 N–H and O–H groups in total. The zero-order valence-corrected chi connectivity index (χ0v) is 18.1. The van der Waals surface area contributed by atoms with Gasteiger partial charge in [-0.25, -0.2) is 0 Å². The molecule has 1 fully saturated rings. The largest absolute Gasteiger partial charge is 0.467 e. The van der Waals surface area contributed by atoms with Gasteiger partial charge in [0.05, 0.1) is 18.9 Å². The second-order valence-corrected chi connectivity index (χ2v) is 6.63. The lowest BCUT2D eigenvalue weighted by atomic mass is 10.0. The van der Waals surface area contributed by atoms with E-state index in [1.165, 1.54) is 11.1 Å². The van der Waals surface area contributed by atoms with Gasteiger partial charge in [-0.3, -0.25) is 9.89 Å². The van der Waals surface area contributed by atoms with Crippen LogP contribution >= 0.6 is 24.0 Å². The normalized spacial score (nSPS) is 16.0. The molecule has 0 saturated carbocycles. The lowest BCUT2D eigenvalue weighted by Gasteiger charge is -2.30. The number of guanidine groups is 1. The van der Waals surface area contributed by atoms with Crippen molar-refractivity contribution < 1.29 is 9.52 Å². The van der Waals surface area contributed by atoms with E-state index >= 15 is 0 Å². The van der Waals surface area contributed by atoms with E-state index in [9.17, 15) is 5.11 Å². The fourth-order valence-electron chi connectivity index (χ4n) is 3.19. The van der Waals surface area contributed by atoms with Crippen molar-refractivity contribution in [2.75, 3.05) is 20.1 Å². The summed E-state index contributed by atoms with van der Waals surface area (Å²) in [5, 5.41) is 16.3. The summed E-state index contributed by atoms with van der Waals surface area (Å²) in [4.78, 5) is 6.68. The molecule has 1 aromatic carbocycles. The van der Waals surface area contributed by atoms with Crippen LogP contribution in [0.1, 0.15) is 29.7 Å². The maximum Gasteiger partial charge on any atom is 0.191 e. The number of rotatable bonds is 6. The third-order valence-electron chi connectivity index (χ3n) is 4.75. The Kier molecular flexibility index (Phi) is 9.09. The molecule has 3 rings (SSSR count). The van der Waals surface area contributed by atoms with Crippen LogP contribution in [0.2, 0.25) is 0 Å². The van der Waals surface area contributed by atoms with Gasteiger partial charge < -0.3 is 20.2 Å². The predicted octanol–water partition coefficient (Wildman–Crippen LogP) is 2.72. The summed E-state index contributed by atoms with van der Waals surface area (Å²) >= 11 is 0. The van der Waals surface area contributed by atoms with E-state index in [1.807, 2.05) is 12.1 Å². The van der Waals surface area contributed by atoms with Crippen molar-refractivity contribution >= 4 is 29.9 Å². The van der Waals surface area contributed by atoms with Crippen molar-refractivity contribution in [2.45, 2.75) is 38.6 Å². The first-order valence-electron chi connectivity index (χ1n) is 9.18. The molecule has 0 aliphatic carbocycles. The average Bonchev–Trinajstić information content (AvgIpc) is 3.18. The van der Waals surface area contributed by atoms with Crippen LogP contribution in [-0.4, -0.2) is 42.2 Å². The van der Waals surface area contributed by atoms with Gasteiger partial charge >= 0.3 is 0 Å². The molecular formula is C20H29IN4O2. The summed E-state index contributed by atoms with van der Waals surface area (Å²) in [6.45, 7) is 4.14. The van der Waals surface area contributed by atoms with Crippen molar-refractivity contribution in [3.8, 4) is 0 Å². The van der Waals surface area contributed by atoms with Crippen LogP contribution < -0.4 is 10.6 Å². The molecule has 0 atom stereocenters. The molecule has 1 aliphatic heterocycles. The summed E-state index contributed by atoms with van der Waals surface area (Å²) in [6, 6.07) is 12.3. The van der Waals surface area contributed by atoms with Crippen LogP contribution in [-0.2, 0) is 19.6 Å². The van der Waals surface area contributed by atoms with Crippen LogP contribution in [0, 0.1) is 0 Å². The Morgan fingerprint density at radius 1 is 1.11 bits per heavy atom. The molecule has 27 heavy (non-hydrogen) atoms. The fraction of sp³-hybridized carbons (Fsp3) is 0.450. The second-order valence-electron chi connectivity index (χ2n) is 6.63. The van der Waals surface area contributed by atoms with Gasteiger partial charge in [0, 0.05) is 33.2 Å². The zero-order valence-electron chi connectivity index (χ0n) is 15.7. The molecule has 0 amide bonds. The maximum atomic E-state index is 9.68. The highest BCUT2D eigenvalue weighted by Gasteiger charge is 2.17. The molecule has 0 spiro atoms. The number of halogens is 1. The van der Waals surface area contributed by atoms with Crippen LogP contribution in [0.3, 0.4) is 0 Å². The Bertz CT molecular complexity index is 698. The lowest BCUT2D eigenvalue weighted by Crippen LogP contribution is -2.37. The molecule has 2 heterocycles. The second kappa shape index (κ2) is 11.3. The molecule has 1 saturated heterocycles. The first-order chi connectivity index (χ1) is 12.7. The summed E-state index contributed by atoms with van der Waals surface area (Å²) in [5.41, 5.74) is 2.58. The Morgan fingerprint density at radius 3 is 2.48 bits per heavy atom. The van der Waals surface area contributed by atoms with Gasteiger partial charge in [0.15, 0.2) is 5.96 Å². The third-order valence-corrected chi connectivity index (χ3v) is 4.75. The number of aliphatic imine (C=N–C) groups is 1. The van der Waals surface area contributed by atoms with Crippen molar-refractivity contribution in [3.63, 3.8) is 0 Å². The highest BCUT2D eigenvalue weighted by Crippen LogP contribution is 2.16. The Hall–Kier alpha value is -1.58. The number of piperidine rings is 1. The van der Waals surface area contributed by atoms with Crippen molar-refractivity contribution in [3.05, 3.63) is 59.5 Å². The molecular weight excluding hydrogens is 455 g/mol. The van der Waals surface area contributed by atoms with Gasteiger partial charge in [-0.2, -0.15) is 0 Å². The van der Waals surface area contributed by atoms with Gasteiger partial charge in [0.1, 0.15) is 5.76 Å². The highest BCUT2D eigenvalue weighted by atomic mass is 127. The van der Waals surface area contributed by atoms with Gasteiger partial charge in [0.2, 0.25) is 0 Å². The molecule has 0 radical (unpaired) electrons. The number of hydrogen-bond donors (Lipinski definition) is 3. The molecule has 1 aliphatic rings. The first kappa shape index (κ1) is 21.7. The molecule has 148 valence electrons. The molecule has 0 unspecified atom stereocenters. The molecule has 1 aromatic heterocycles. The number of hydrogen-bond acceptors (Lipinski definition) is 4. The summed E-state index contributed by atoms with van der Waals surface area (Å²) in [6.07, 6.45) is 3.27. The highest BCUT2D eigenvalue weighted by molar-refractivity contribution is 14.0. The molecule has 0 bridgehead atoms. The van der Waals surface area contributed by atoms with E-state index in [4.69, 9.17) is 4.42 Å². The van der Waals surface area contributed by atoms with E-state index in [1.54, 1.807) is 13.3 Å². The van der Waals surface area contributed by atoms with Gasteiger partial charge in [-0.05, 0) is 36.1 Å². The quantitative estimate of drug-likeness (QED) is 0.334. The van der Waals surface area contributed by atoms with Crippen molar-refractivity contribution in [1.29, 1.82) is 0 Å². The summed E-state index contributed by atoms with van der Waals surface area (Å²) in [5.74, 6) is 1.62. The van der Waals surface area contributed by atoms with E-state index in [0.717, 1.165) is 44.2 Å². The topological polar surface area (TPSA) is 73.0 Å². The van der Waals surface area contributed by atoms with E-state index in [2.05, 4.69) is 44.8 Å². The summed E-state index contributed by atoms with van der Waals surface area (Å²) < 4.78 is 5.33. The van der Waals surface area contributed by atoms with Crippen LogP contribution in [0.15, 0.2) is 52.1 Å². The smallest absolute Gasteiger partial charge is 0.191 e. The lowest BCUT2D eigenvalue weighted by molar-refractivity contribution is 0.0791. The SMILES string of the molecule is CN=C(NCc1ccco1)NCc1ccccc1CN1CCC(O)CC1.I. The minimum absolute atomic E-state index is 0. The van der Waals surface area contributed by atoms with Gasteiger partial charge in [-0.15, -0.1) is 24.0 Å². The van der Waals surface area contributed by atoms with Crippen molar-refractivity contribution in [1.82, 2.24) is 15.5 Å². The molecule has 7 heteroatoms. The minimum Gasteiger partial charge on any atom is -0.467 e. The van der Waals surface area contributed by atoms with Crippen LogP contribution in [0.5, 0.6) is 0 Å². The number of likely N-dealkylation sites (tertiary alicyclic amines) is 1. The number of aliphatic hydroxyl groups excluding tert-OH is 1. The summed E-state index contributed by atoms with van der Waals surface area (Å²) in [7, 11) is 1.77. The number of benzene rings is 1. The van der Waals surface area contributed by atoms with Crippen LogP contribution in [0.25, 0.3) is 0 Å². The number of nitrogens with one attached hydrogen (secondary N) is 2. The van der Waals surface area contributed by atoms with E-state index in [0.29, 0.717) is 13.1 Å². The predicted molar refractivity (Wildman–Crippen MR) is 118 cm³/mol. The third kappa shape index (κ3) is 6.82. The van der Waals surface area contributed by atoms with Crippen LogP contribution in [0.4, 0.5) is 0 Å². The molecule has 2 aromatic rings. The van der Waals surface area contributed by atoms with E-state index in [-0.39, 0.29) is 30.1 Å². The first-order valence-corrected chi connectivity index (χ1v) is 9.18. The standard InChI is InChI=1S/C20H28N4O2.HI/c1-21-20(23-14-19-7-4-12-26-19)22-13-16-5-2-3-6-17(16)15-24-10-8-18(25)9-11-24;/h2-7,12,18,25H,8-11,13-15H2,1H3,(H2,21,22,23);1H. The average molecular weight is 484 g/mol. The fourth-order valence-corrected chi connectivity index (χ4v) is 3.19. The monoisotopic (exact) mass is 484 g/mol. The molecule has 6 nitrogen and oxygen atoms in total. The Labute approximate surface area is 178 Å². The zero-order chi connectivity index (χ0) is 18.2. The van der Waals surface area contributed by atoms with E-state index < -0.39 is 0 Å². The minimum atomic E-state index is -0.133. The van der Waals surface area contributed by atoms with Crippen molar-refractivity contribution in [2.24, 2.45) is 4.99 Å². The number of furan rings is 1. The number of nitrogens with zero attached hydrogens (tertiary/aromatic N) is 2. The van der Waals surface area contributed by atoms with Gasteiger partial charge in [0.25, 0.3) is 0 Å². The van der Waals surface area contributed by atoms with Gasteiger partial charge in [-0.1, -0.05) is 24.3 Å². The number of aliphatic hydroxyl groups is 1. The Balaban J connectivity index is 0.00000261.